The molecule has 1 aliphatic heterocycles. The molecule has 50 heavy (non-hydrogen) atoms. The monoisotopic (exact) mass is 712 g/mol. The van der Waals surface area contributed by atoms with E-state index in [4.69, 9.17) is 20.3 Å². The van der Waals surface area contributed by atoms with Crippen molar-refractivity contribution in [3.8, 4) is 0 Å². The van der Waals surface area contributed by atoms with Gasteiger partial charge in [-0.25, -0.2) is 0 Å². The third kappa shape index (κ3) is 13.1. The number of ether oxygens (including phenoxy) is 2. The fourth-order valence-electron chi connectivity index (χ4n) is 6.90. The standard InChI is InChI=1S/C35H64N6O9/c1-10-23(4)32(40(7)29(44)20-37-35(48)31(22(2)3)39(6)27(42)16-12-11-13-17-36)26(49-8)19-28(43)41-18-14-15-25(41)33(50-9)24(5)34(47)38-21-30(45)46/h22-26,31-33H,10-21,36H2,1-9H3,(H,37,48)(H,38,47)(H,45,46)/t23-,24+,25-,26+,31?,32-,33+/m0/s1. The van der Waals surface area contributed by atoms with E-state index in [9.17, 15) is 28.8 Å². The molecule has 15 nitrogen and oxygen atoms in total. The number of carbonyl (C=O) groups is 6. The van der Waals surface area contributed by atoms with Gasteiger partial charge in [-0.3, -0.25) is 28.8 Å². The molecule has 0 saturated carbocycles. The van der Waals surface area contributed by atoms with Gasteiger partial charge in [-0.2, -0.15) is 0 Å². The molecule has 1 heterocycles. The second-order valence-corrected chi connectivity index (χ2v) is 13.8. The molecule has 7 atom stereocenters. The quantitative estimate of drug-likeness (QED) is 0.112. The summed E-state index contributed by atoms with van der Waals surface area (Å²) in [5.41, 5.74) is 5.55. The number of likely N-dealkylation sites (tertiary alicyclic amines) is 1. The zero-order chi connectivity index (χ0) is 38.1. The number of unbranched alkanes of at least 4 members (excludes halogenated alkanes) is 2. The Morgan fingerprint density at radius 2 is 1.54 bits per heavy atom. The van der Waals surface area contributed by atoms with E-state index < -0.39 is 60.6 Å². The number of hydrogen-bond donors (Lipinski definition) is 4. The first-order chi connectivity index (χ1) is 23.6. The number of amides is 5. The number of aliphatic carboxylic acids is 1. The van der Waals surface area contributed by atoms with Crippen LogP contribution in [0.1, 0.15) is 86.0 Å². The van der Waals surface area contributed by atoms with Crippen molar-refractivity contribution in [1.29, 1.82) is 0 Å². The van der Waals surface area contributed by atoms with Gasteiger partial charge in [-0.1, -0.05) is 47.5 Å². The van der Waals surface area contributed by atoms with Crippen LogP contribution in [0.25, 0.3) is 0 Å². The number of carbonyl (C=O) groups excluding carboxylic acids is 5. The van der Waals surface area contributed by atoms with Crippen molar-refractivity contribution in [3.05, 3.63) is 0 Å². The Kier molecular flexibility index (Phi) is 20.1. The third-order valence-electron chi connectivity index (χ3n) is 9.94. The molecule has 0 radical (unpaired) electrons. The largest absolute Gasteiger partial charge is 0.480 e. The van der Waals surface area contributed by atoms with Gasteiger partial charge in [0.25, 0.3) is 0 Å². The summed E-state index contributed by atoms with van der Waals surface area (Å²) in [6.45, 7) is 9.53. The highest BCUT2D eigenvalue weighted by molar-refractivity contribution is 5.90. The van der Waals surface area contributed by atoms with Crippen LogP contribution in [0.5, 0.6) is 0 Å². The zero-order valence-electron chi connectivity index (χ0n) is 31.7. The van der Waals surface area contributed by atoms with E-state index in [-0.39, 0.29) is 42.5 Å². The minimum absolute atomic E-state index is 0.0321. The topological polar surface area (TPSA) is 201 Å². The lowest BCUT2D eigenvalue weighted by molar-refractivity contribution is -0.146. The fourth-order valence-corrected chi connectivity index (χ4v) is 6.90. The van der Waals surface area contributed by atoms with Crippen molar-refractivity contribution in [2.75, 3.05) is 54.5 Å². The molecule has 0 aliphatic carbocycles. The summed E-state index contributed by atoms with van der Waals surface area (Å²) in [5.74, 6) is -3.74. The summed E-state index contributed by atoms with van der Waals surface area (Å²) < 4.78 is 11.6. The van der Waals surface area contributed by atoms with E-state index in [1.54, 1.807) is 25.9 Å². The average molecular weight is 713 g/mol. The number of carboxylic acids is 1. The Hall–Kier alpha value is -3.30. The third-order valence-corrected chi connectivity index (χ3v) is 9.94. The molecule has 5 N–H and O–H groups in total. The highest BCUT2D eigenvalue weighted by Crippen LogP contribution is 2.29. The summed E-state index contributed by atoms with van der Waals surface area (Å²) in [6.07, 6.45) is 3.31. The molecule has 15 heteroatoms. The Morgan fingerprint density at radius 3 is 2.08 bits per heavy atom. The van der Waals surface area contributed by atoms with Gasteiger partial charge in [-0.05, 0) is 44.1 Å². The van der Waals surface area contributed by atoms with Crippen molar-refractivity contribution >= 4 is 35.5 Å². The summed E-state index contributed by atoms with van der Waals surface area (Å²) in [5, 5.41) is 14.1. The van der Waals surface area contributed by atoms with E-state index in [1.165, 1.54) is 24.0 Å². The number of likely N-dealkylation sites (N-methyl/N-ethyl adjacent to an activating group) is 2. The highest BCUT2D eigenvalue weighted by atomic mass is 16.5. The Labute approximate surface area is 298 Å². The summed E-state index contributed by atoms with van der Waals surface area (Å²) in [6, 6.07) is -1.66. The van der Waals surface area contributed by atoms with Gasteiger partial charge < -0.3 is 45.6 Å². The Balaban J connectivity index is 3.04. The number of nitrogens with one attached hydrogen (secondary N) is 2. The normalized spacial score (nSPS) is 18.1. The molecule has 0 aromatic heterocycles. The molecule has 0 aromatic carbocycles. The van der Waals surface area contributed by atoms with E-state index >= 15 is 0 Å². The average Bonchev–Trinajstić information content (AvgIpc) is 3.56. The minimum atomic E-state index is -1.16. The molecule has 0 spiro atoms. The zero-order valence-corrected chi connectivity index (χ0v) is 31.7. The van der Waals surface area contributed by atoms with Crippen LogP contribution < -0.4 is 16.4 Å². The predicted octanol–water partition coefficient (Wildman–Crippen LogP) is 1.23. The number of nitrogens with two attached hydrogens (primary N) is 1. The van der Waals surface area contributed by atoms with Crippen molar-refractivity contribution in [1.82, 2.24) is 25.3 Å². The maximum absolute atomic E-state index is 13.8. The molecule has 1 unspecified atom stereocenters. The molecule has 0 bridgehead atoms. The summed E-state index contributed by atoms with van der Waals surface area (Å²) in [7, 11) is 6.21. The van der Waals surface area contributed by atoms with Gasteiger partial charge in [0.1, 0.15) is 12.6 Å². The second kappa shape index (κ2) is 22.5. The summed E-state index contributed by atoms with van der Waals surface area (Å²) in [4.78, 5) is 81.8. The second-order valence-electron chi connectivity index (χ2n) is 13.8. The van der Waals surface area contributed by atoms with Crippen LogP contribution in [0.4, 0.5) is 0 Å². The lowest BCUT2D eigenvalue weighted by Gasteiger charge is -2.39. The maximum atomic E-state index is 13.8. The number of methoxy groups -OCH3 is 2. The van der Waals surface area contributed by atoms with E-state index in [1.807, 2.05) is 27.7 Å². The van der Waals surface area contributed by atoms with Gasteiger partial charge in [0.05, 0.1) is 43.2 Å². The van der Waals surface area contributed by atoms with Crippen LogP contribution >= 0.6 is 0 Å². The first-order valence-electron chi connectivity index (χ1n) is 17.9. The van der Waals surface area contributed by atoms with E-state index in [2.05, 4.69) is 10.6 Å². The molecule has 1 aliphatic rings. The Bertz CT molecular complexity index is 1120. The van der Waals surface area contributed by atoms with Crippen LogP contribution in [0.3, 0.4) is 0 Å². The van der Waals surface area contributed by atoms with Crippen molar-refractivity contribution < 1.29 is 43.3 Å². The molecule has 1 fully saturated rings. The number of rotatable bonds is 23. The first kappa shape index (κ1) is 44.7. The van der Waals surface area contributed by atoms with E-state index in [0.717, 1.165) is 12.8 Å². The summed E-state index contributed by atoms with van der Waals surface area (Å²) >= 11 is 0. The van der Waals surface area contributed by atoms with Gasteiger partial charge >= 0.3 is 5.97 Å². The van der Waals surface area contributed by atoms with Gasteiger partial charge in [0.15, 0.2) is 0 Å². The van der Waals surface area contributed by atoms with Crippen LogP contribution in [-0.4, -0.2) is 140 Å². The molecular weight excluding hydrogens is 648 g/mol. The van der Waals surface area contributed by atoms with Gasteiger partial charge in [0.2, 0.25) is 29.5 Å². The van der Waals surface area contributed by atoms with Crippen LogP contribution in [-0.2, 0) is 38.2 Å². The van der Waals surface area contributed by atoms with E-state index in [0.29, 0.717) is 45.2 Å². The molecule has 0 aromatic rings. The number of carboxylic acid groups (broad SMARTS) is 1. The smallest absolute Gasteiger partial charge is 0.322 e. The SMILES string of the molecule is CC[C@H](C)[C@@H]([C@@H](CC(=O)N1CCC[C@H]1[C@H](OC)[C@@H](C)C(=O)NCC(=O)O)OC)N(C)C(=O)CNC(=O)C(C(C)C)N(C)C(=O)CCCCCN. The lowest BCUT2D eigenvalue weighted by Crippen LogP contribution is -2.55. The first-order valence-corrected chi connectivity index (χ1v) is 17.9. The van der Waals surface area contributed by atoms with Crippen molar-refractivity contribution in [2.24, 2.45) is 23.5 Å². The van der Waals surface area contributed by atoms with Crippen molar-refractivity contribution in [3.63, 3.8) is 0 Å². The molecule has 288 valence electrons. The van der Waals surface area contributed by atoms with Crippen molar-refractivity contribution in [2.45, 2.75) is 116 Å². The molecule has 5 amide bonds. The molecular formula is C35H64N6O9. The fraction of sp³-hybridized carbons (Fsp3) is 0.829. The predicted molar refractivity (Wildman–Crippen MR) is 189 cm³/mol. The van der Waals surface area contributed by atoms with Gasteiger partial charge in [0, 0.05) is 41.3 Å². The lowest BCUT2D eigenvalue weighted by atomic mass is 9.90. The number of hydrogen-bond acceptors (Lipinski definition) is 9. The maximum Gasteiger partial charge on any atom is 0.322 e. The minimum Gasteiger partial charge on any atom is -0.480 e. The number of nitrogens with zero attached hydrogens (tertiary/aromatic N) is 3. The molecule has 1 saturated heterocycles. The van der Waals surface area contributed by atoms with Gasteiger partial charge in [-0.15, -0.1) is 0 Å². The van der Waals surface area contributed by atoms with Crippen LogP contribution in [0.2, 0.25) is 0 Å². The van der Waals surface area contributed by atoms with Crippen LogP contribution in [0, 0.1) is 17.8 Å². The Morgan fingerprint density at radius 1 is 0.900 bits per heavy atom. The highest BCUT2D eigenvalue weighted by Gasteiger charge is 2.42. The molecule has 1 rings (SSSR count). The van der Waals surface area contributed by atoms with Crippen LogP contribution in [0.15, 0.2) is 0 Å².